The highest BCUT2D eigenvalue weighted by atomic mass is 79.9. The van der Waals surface area contributed by atoms with Crippen molar-refractivity contribution in [3.05, 3.63) is 78.9 Å². The molecule has 1 amide bonds. The third-order valence-electron chi connectivity index (χ3n) is 4.89. The zero-order valence-corrected chi connectivity index (χ0v) is 20.0. The molecule has 33 heavy (non-hydrogen) atoms. The molecule has 3 rings (SSSR count). The van der Waals surface area contributed by atoms with E-state index in [9.17, 15) is 18.4 Å². The summed E-state index contributed by atoms with van der Waals surface area (Å²) < 4.78 is 33.1. The summed E-state index contributed by atoms with van der Waals surface area (Å²) in [5.41, 5.74) is 1.76. The maximum Gasteiger partial charge on any atom is 0.271 e. The van der Waals surface area contributed by atoms with Crippen molar-refractivity contribution in [1.82, 2.24) is 25.4 Å². The summed E-state index contributed by atoms with van der Waals surface area (Å²) in [5, 5.41) is 9.68. The number of H-pyrrole nitrogens is 2. The van der Waals surface area contributed by atoms with E-state index in [0.29, 0.717) is 30.0 Å². The Bertz CT molecular complexity index is 1210. The number of rotatable bonds is 9. The Labute approximate surface area is 197 Å². The molecule has 3 N–H and O–H groups in total. The lowest BCUT2D eigenvalue weighted by Gasteiger charge is -2.15. The van der Waals surface area contributed by atoms with E-state index in [2.05, 4.69) is 36.4 Å². The molecular weight excluding hydrogens is 500 g/mol. The van der Waals surface area contributed by atoms with Gasteiger partial charge in [-0.3, -0.25) is 14.7 Å². The van der Waals surface area contributed by atoms with E-state index in [-0.39, 0.29) is 40.4 Å². The zero-order valence-electron chi connectivity index (χ0n) is 18.4. The Morgan fingerprint density at radius 2 is 2.03 bits per heavy atom. The average molecular weight is 524 g/mol. The summed E-state index contributed by atoms with van der Waals surface area (Å²) in [5.74, 6) is -1.51. The van der Waals surface area contributed by atoms with Crippen molar-refractivity contribution in [2.75, 3.05) is 27.2 Å². The van der Waals surface area contributed by atoms with Crippen molar-refractivity contribution >= 4 is 21.8 Å². The van der Waals surface area contributed by atoms with E-state index in [1.54, 1.807) is 13.0 Å². The smallest absolute Gasteiger partial charge is 0.271 e. The van der Waals surface area contributed by atoms with Crippen LogP contribution in [0.1, 0.15) is 33.0 Å². The molecule has 11 heteroatoms. The number of aromatic amines is 2. The molecule has 0 aliphatic heterocycles. The van der Waals surface area contributed by atoms with Gasteiger partial charge in [0.25, 0.3) is 11.5 Å². The van der Waals surface area contributed by atoms with Crippen LogP contribution in [0.5, 0.6) is 5.75 Å². The number of benzene rings is 1. The zero-order chi connectivity index (χ0) is 24.1. The van der Waals surface area contributed by atoms with Gasteiger partial charge >= 0.3 is 0 Å². The molecular formula is C22H24BrF2N5O3. The molecule has 0 saturated heterocycles. The van der Waals surface area contributed by atoms with Crippen molar-refractivity contribution in [3.8, 4) is 5.75 Å². The first-order valence-corrected chi connectivity index (χ1v) is 10.9. The Hall–Kier alpha value is -3.05. The Kier molecular flexibility index (Phi) is 7.98. The summed E-state index contributed by atoms with van der Waals surface area (Å²) in [6.07, 6.45) is 0.264. The average Bonchev–Trinajstić information content (AvgIpc) is 3.21. The van der Waals surface area contributed by atoms with Gasteiger partial charge in [-0.05, 0) is 55.1 Å². The second kappa shape index (κ2) is 10.7. The summed E-state index contributed by atoms with van der Waals surface area (Å²) in [6, 6.07) is 4.81. The molecule has 176 valence electrons. The fourth-order valence-corrected chi connectivity index (χ4v) is 3.55. The minimum Gasteiger partial charge on any atom is -0.487 e. The highest BCUT2D eigenvalue weighted by Crippen LogP contribution is 2.30. The van der Waals surface area contributed by atoms with Gasteiger partial charge in [-0.1, -0.05) is 0 Å². The second-order valence-corrected chi connectivity index (χ2v) is 8.53. The first-order valence-electron chi connectivity index (χ1n) is 10.1. The number of carbonyl (C=O) groups excluding carboxylic acids is 1. The quantitative estimate of drug-likeness (QED) is 0.400. The SMILES string of the molecule is Cc1[nH]c(=O)c(Br)c(OCc2ccc(F)cc2F)c1Cc1cc(C(=O)NCCN(C)C)n[nH]1. The van der Waals surface area contributed by atoms with Gasteiger partial charge in [0.05, 0.1) is 0 Å². The number of likely N-dealkylation sites (N-methyl/N-ethyl adjacent to an activating group) is 1. The van der Waals surface area contributed by atoms with Crippen molar-refractivity contribution in [2.24, 2.45) is 0 Å². The van der Waals surface area contributed by atoms with Gasteiger partial charge in [0.2, 0.25) is 0 Å². The lowest BCUT2D eigenvalue weighted by molar-refractivity contribution is 0.0946. The fraction of sp³-hybridized carbons (Fsp3) is 0.318. The standard InChI is InChI=1S/C22H24BrF2N5O3/c1-12-16(9-15-10-18(29-28-15)21(31)26-6-7-30(2)3)20(19(23)22(32)27-12)33-11-13-4-5-14(24)8-17(13)25/h4-5,8,10H,6-7,9,11H2,1-3H3,(H,26,31)(H,27,32)(H,28,29). The second-order valence-electron chi connectivity index (χ2n) is 7.74. The Balaban J connectivity index is 1.80. The van der Waals surface area contributed by atoms with E-state index in [1.165, 1.54) is 6.07 Å². The number of halogens is 3. The van der Waals surface area contributed by atoms with Crippen molar-refractivity contribution in [1.29, 1.82) is 0 Å². The summed E-state index contributed by atoms with van der Waals surface area (Å²) >= 11 is 3.23. The van der Waals surface area contributed by atoms with E-state index >= 15 is 0 Å². The Morgan fingerprint density at radius 3 is 2.73 bits per heavy atom. The number of hydrogen-bond donors (Lipinski definition) is 3. The van der Waals surface area contributed by atoms with Crippen LogP contribution in [-0.4, -0.2) is 53.2 Å². The van der Waals surface area contributed by atoms with Crippen LogP contribution < -0.4 is 15.6 Å². The van der Waals surface area contributed by atoms with Crippen molar-refractivity contribution in [3.63, 3.8) is 0 Å². The molecule has 0 atom stereocenters. The molecule has 0 spiro atoms. The number of aromatic nitrogens is 3. The number of amides is 1. The largest absolute Gasteiger partial charge is 0.487 e. The summed E-state index contributed by atoms with van der Waals surface area (Å²) in [6.45, 7) is 2.68. The van der Waals surface area contributed by atoms with Crippen LogP contribution in [0, 0.1) is 18.6 Å². The molecule has 8 nitrogen and oxygen atoms in total. The molecule has 0 aliphatic carbocycles. The van der Waals surface area contributed by atoms with E-state index in [0.717, 1.165) is 12.1 Å². The molecule has 0 saturated carbocycles. The van der Waals surface area contributed by atoms with Crippen LogP contribution in [0.4, 0.5) is 8.78 Å². The minimum absolute atomic E-state index is 0.144. The number of aryl methyl sites for hydroxylation is 1. The topological polar surface area (TPSA) is 103 Å². The summed E-state index contributed by atoms with van der Waals surface area (Å²) in [7, 11) is 3.82. The van der Waals surface area contributed by atoms with Gasteiger partial charge < -0.3 is 19.9 Å². The van der Waals surface area contributed by atoms with Gasteiger partial charge in [0, 0.05) is 48.1 Å². The first-order chi connectivity index (χ1) is 15.7. The molecule has 1 aromatic carbocycles. The maximum atomic E-state index is 14.0. The predicted molar refractivity (Wildman–Crippen MR) is 122 cm³/mol. The van der Waals surface area contributed by atoms with Crippen LogP contribution in [0.25, 0.3) is 0 Å². The van der Waals surface area contributed by atoms with Crippen LogP contribution in [0.2, 0.25) is 0 Å². The van der Waals surface area contributed by atoms with E-state index in [4.69, 9.17) is 4.74 Å². The molecule has 0 unspecified atom stereocenters. The van der Waals surface area contributed by atoms with Crippen LogP contribution in [-0.2, 0) is 13.0 Å². The molecule has 0 aliphatic rings. The van der Waals surface area contributed by atoms with E-state index in [1.807, 2.05) is 19.0 Å². The number of ether oxygens (including phenoxy) is 1. The molecule has 3 aromatic rings. The molecule has 2 aromatic heterocycles. The number of nitrogens with one attached hydrogen (secondary N) is 3. The number of pyridine rings is 1. The maximum absolute atomic E-state index is 14.0. The number of carbonyl (C=O) groups is 1. The highest BCUT2D eigenvalue weighted by Gasteiger charge is 2.19. The van der Waals surface area contributed by atoms with Gasteiger partial charge in [0.15, 0.2) is 0 Å². The van der Waals surface area contributed by atoms with Crippen LogP contribution >= 0.6 is 15.9 Å². The fourth-order valence-electron chi connectivity index (χ4n) is 3.10. The molecule has 0 fully saturated rings. The van der Waals surface area contributed by atoms with Gasteiger partial charge in [-0.2, -0.15) is 5.10 Å². The van der Waals surface area contributed by atoms with Gasteiger partial charge in [-0.15, -0.1) is 0 Å². The minimum atomic E-state index is -0.743. The van der Waals surface area contributed by atoms with Crippen LogP contribution in [0.3, 0.4) is 0 Å². The molecule has 0 radical (unpaired) electrons. The number of hydrogen-bond acceptors (Lipinski definition) is 5. The predicted octanol–water partition coefficient (Wildman–Crippen LogP) is 2.91. The third kappa shape index (κ3) is 6.26. The van der Waals surface area contributed by atoms with Crippen molar-refractivity contribution in [2.45, 2.75) is 20.0 Å². The lowest BCUT2D eigenvalue weighted by atomic mass is 10.1. The Morgan fingerprint density at radius 1 is 1.27 bits per heavy atom. The van der Waals surface area contributed by atoms with Crippen LogP contribution in [0.15, 0.2) is 33.5 Å². The van der Waals surface area contributed by atoms with E-state index < -0.39 is 17.2 Å². The molecule has 2 heterocycles. The lowest BCUT2D eigenvalue weighted by Crippen LogP contribution is -2.31. The summed E-state index contributed by atoms with van der Waals surface area (Å²) in [4.78, 5) is 29.2. The normalized spacial score (nSPS) is 11.1. The first kappa shape index (κ1) is 24.6. The monoisotopic (exact) mass is 523 g/mol. The van der Waals surface area contributed by atoms with Gasteiger partial charge in [-0.25, -0.2) is 8.78 Å². The highest BCUT2D eigenvalue weighted by molar-refractivity contribution is 9.10. The molecule has 0 bridgehead atoms. The van der Waals surface area contributed by atoms with Gasteiger partial charge in [0.1, 0.15) is 34.2 Å². The van der Waals surface area contributed by atoms with Crippen molar-refractivity contribution < 1.29 is 18.3 Å². The number of nitrogens with zero attached hydrogens (tertiary/aromatic N) is 2. The third-order valence-corrected chi connectivity index (χ3v) is 5.61.